The van der Waals surface area contributed by atoms with Gasteiger partial charge in [0.05, 0.1) is 15.4 Å². The fourth-order valence-corrected chi connectivity index (χ4v) is 4.65. The van der Waals surface area contributed by atoms with Gasteiger partial charge in [0, 0.05) is 37.2 Å². The second-order valence-corrected chi connectivity index (χ2v) is 8.40. The Morgan fingerprint density at radius 3 is 2.11 bits per heavy atom. The molecule has 0 spiro atoms. The Kier molecular flexibility index (Phi) is 5.17. The third-order valence-electron chi connectivity index (χ3n) is 4.68. The molecular weight excluding hydrogens is 399 g/mol. The first-order valence-corrected chi connectivity index (χ1v) is 9.61. The van der Waals surface area contributed by atoms with Crippen LogP contribution in [0.3, 0.4) is 0 Å². The van der Waals surface area contributed by atoms with Gasteiger partial charge in [-0.25, -0.2) is 8.42 Å². The Balaban J connectivity index is 1.81. The molecule has 11 heteroatoms. The molecule has 1 heterocycles. The lowest BCUT2D eigenvalue weighted by atomic mass is 9.94. The van der Waals surface area contributed by atoms with Crippen LogP contribution in [0.2, 0.25) is 0 Å². The summed E-state index contributed by atoms with van der Waals surface area (Å²) in [5.41, 5.74) is 5.53. The molecule has 0 aromatic heterocycles. The largest absolute Gasteiger partial charge is 0.416 e. The quantitative estimate of drug-likeness (QED) is 0.610. The van der Waals surface area contributed by atoms with E-state index in [4.69, 9.17) is 5.73 Å². The van der Waals surface area contributed by atoms with Gasteiger partial charge in [0.15, 0.2) is 0 Å². The average molecular weight is 415 g/mol. The molecule has 2 aromatic carbocycles. The monoisotopic (exact) mass is 415 g/mol. The lowest BCUT2D eigenvalue weighted by Crippen LogP contribution is -2.32. The van der Waals surface area contributed by atoms with E-state index < -0.39 is 38.6 Å². The number of alkyl halides is 3. The van der Waals surface area contributed by atoms with E-state index in [9.17, 15) is 31.7 Å². The highest BCUT2D eigenvalue weighted by molar-refractivity contribution is 7.89. The molecule has 0 unspecified atom stereocenters. The van der Waals surface area contributed by atoms with Gasteiger partial charge in [-0.1, -0.05) is 12.1 Å². The number of hydrogen-bond donors (Lipinski definition) is 1. The molecule has 150 valence electrons. The van der Waals surface area contributed by atoms with Gasteiger partial charge in [-0.15, -0.1) is 0 Å². The number of rotatable bonds is 4. The predicted octanol–water partition coefficient (Wildman–Crippen LogP) is 2.73. The Morgan fingerprint density at radius 1 is 1.04 bits per heavy atom. The number of halogens is 3. The minimum absolute atomic E-state index is 0.00581. The van der Waals surface area contributed by atoms with Crippen LogP contribution in [0.25, 0.3) is 0 Å². The van der Waals surface area contributed by atoms with Gasteiger partial charge in [-0.2, -0.15) is 17.5 Å². The number of non-ortho nitro benzene ring substituents is 1. The molecule has 1 fully saturated rings. The van der Waals surface area contributed by atoms with Crippen molar-refractivity contribution in [3.8, 4) is 0 Å². The van der Waals surface area contributed by atoms with Gasteiger partial charge in [-0.05, 0) is 29.8 Å². The molecule has 0 radical (unpaired) electrons. The maximum atomic E-state index is 12.8. The number of hydrogen-bond acceptors (Lipinski definition) is 5. The highest BCUT2D eigenvalue weighted by Gasteiger charge is 2.39. The molecule has 0 aliphatic carbocycles. The molecule has 0 saturated carbocycles. The Bertz CT molecular complexity index is 976. The van der Waals surface area contributed by atoms with Crippen molar-refractivity contribution in [2.75, 3.05) is 13.1 Å². The number of nitrogens with two attached hydrogens (primary N) is 1. The van der Waals surface area contributed by atoms with E-state index >= 15 is 0 Å². The lowest BCUT2D eigenvalue weighted by Gasteiger charge is -2.17. The summed E-state index contributed by atoms with van der Waals surface area (Å²) in [5.74, 6) is -0.463. The van der Waals surface area contributed by atoms with E-state index in [0.29, 0.717) is 5.56 Å². The van der Waals surface area contributed by atoms with E-state index in [1.807, 2.05) is 0 Å². The summed E-state index contributed by atoms with van der Waals surface area (Å²) in [4.78, 5) is 9.96. The number of benzene rings is 2. The van der Waals surface area contributed by atoms with Crippen LogP contribution in [0.5, 0.6) is 0 Å². The van der Waals surface area contributed by atoms with Crippen molar-refractivity contribution >= 4 is 15.7 Å². The molecule has 2 aromatic rings. The molecule has 3 rings (SSSR count). The molecule has 7 nitrogen and oxygen atoms in total. The summed E-state index contributed by atoms with van der Waals surface area (Å²) in [5, 5.41) is 10.7. The summed E-state index contributed by atoms with van der Waals surface area (Å²) in [6.07, 6.45) is -4.46. The van der Waals surface area contributed by atoms with Crippen molar-refractivity contribution in [3.05, 3.63) is 69.8 Å². The number of nitrogens with zero attached hydrogens (tertiary/aromatic N) is 2. The van der Waals surface area contributed by atoms with E-state index in [-0.39, 0.29) is 23.7 Å². The standard InChI is InChI=1S/C17H16F3N3O4S/c18-17(19,20)12-3-1-11(2-4-12)15-9-22(10-16(15)21)28(26,27)14-7-5-13(6-8-14)23(24)25/h1-8,15-16H,9-10,21H2/t15-,16+/m1/s1. The molecule has 0 bridgehead atoms. The molecule has 0 amide bonds. The van der Waals surface area contributed by atoms with E-state index in [1.165, 1.54) is 12.1 Å². The van der Waals surface area contributed by atoms with Crippen molar-refractivity contribution in [3.63, 3.8) is 0 Å². The maximum Gasteiger partial charge on any atom is 0.416 e. The normalized spacial score (nSPS) is 21.0. The zero-order chi connectivity index (χ0) is 20.7. The van der Waals surface area contributed by atoms with Crippen molar-refractivity contribution in [1.29, 1.82) is 0 Å². The van der Waals surface area contributed by atoms with Crippen molar-refractivity contribution in [1.82, 2.24) is 4.31 Å². The first-order chi connectivity index (χ1) is 13.0. The van der Waals surface area contributed by atoms with Gasteiger partial charge < -0.3 is 5.73 Å². The Morgan fingerprint density at radius 2 is 1.61 bits per heavy atom. The average Bonchev–Trinajstić information content (AvgIpc) is 3.03. The summed E-state index contributed by atoms with van der Waals surface area (Å²) in [6, 6.07) is 8.36. The molecule has 1 aliphatic rings. The predicted molar refractivity (Wildman–Crippen MR) is 94.0 cm³/mol. The van der Waals surface area contributed by atoms with Gasteiger partial charge in [0.2, 0.25) is 10.0 Å². The van der Waals surface area contributed by atoms with Gasteiger partial charge in [0.1, 0.15) is 0 Å². The van der Waals surface area contributed by atoms with Crippen molar-refractivity contribution in [2.45, 2.75) is 23.0 Å². The molecule has 28 heavy (non-hydrogen) atoms. The second kappa shape index (κ2) is 7.15. The zero-order valence-corrected chi connectivity index (χ0v) is 15.2. The van der Waals surface area contributed by atoms with Crippen LogP contribution in [-0.4, -0.2) is 36.8 Å². The van der Waals surface area contributed by atoms with Crippen LogP contribution in [0.1, 0.15) is 17.0 Å². The molecule has 1 saturated heterocycles. The highest BCUT2D eigenvalue weighted by Crippen LogP contribution is 2.34. The Hall–Kier alpha value is -2.50. The van der Waals surface area contributed by atoms with Crippen LogP contribution in [0.4, 0.5) is 18.9 Å². The summed E-state index contributed by atoms with van der Waals surface area (Å²) < 4.78 is 64.8. The van der Waals surface area contributed by atoms with Gasteiger partial charge in [0.25, 0.3) is 5.69 Å². The van der Waals surface area contributed by atoms with E-state index in [1.54, 1.807) is 0 Å². The fourth-order valence-electron chi connectivity index (χ4n) is 3.15. The van der Waals surface area contributed by atoms with Crippen molar-refractivity contribution in [2.24, 2.45) is 5.73 Å². The third kappa shape index (κ3) is 3.86. The smallest absolute Gasteiger partial charge is 0.326 e. The van der Waals surface area contributed by atoms with Crippen LogP contribution in [0, 0.1) is 10.1 Å². The second-order valence-electron chi connectivity index (χ2n) is 6.46. The Labute approximate surface area is 158 Å². The van der Waals surface area contributed by atoms with Gasteiger partial charge in [-0.3, -0.25) is 10.1 Å². The number of sulfonamides is 1. The molecular formula is C17H16F3N3O4S. The topological polar surface area (TPSA) is 107 Å². The van der Waals surface area contributed by atoms with Crippen LogP contribution < -0.4 is 5.73 Å². The third-order valence-corrected chi connectivity index (χ3v) is 6.53. The summed E-state index contributed by atoms with van der Waals surface area (Å²) >= 11 is 0. The zero-order valence-electron chi connectivity index (χ0n) is 14.3. The van der Waals surface area contributed by atoms with E-state index in [2.05, 4.69) is 0 Å². The minimum Gasteiger partial charge on any atom is -0.326 e. The first-order valence-electron chi connectivity index (χ1n) is 8.17. The maximum absolute atomic E-state index is 12.8. The van der Waals surface area contributed by atoms with E-state index in [0.717, 1.165) is 40.7 Å². The van der Waals surface area contributed by atoms with Crippen LogP contribution >= 0.6 is 0 Å². The number of nitro groups is 1. The van der Waals surface area contributed by atoms with Crippen LogP contribution in [-0.2, 0) is 16.2 Å². The molecule has 2 N–H and O–H groups in total. The molecule has 2 atom stereocenters. The first kappa shape index (κ1) is 20.2. The van der Waals surface area contributed by atoms with Crippen LogP contribution in [0.15, 0.2) is 53.4 Å². The summed E-state index contributed by atoms with van der Waals surface area (Å²) in [6.45, 7) is -0.00311. The van der Waals surface area contributed by atoms with Gasteiger partial charge >= 0.3 is 6.18 Å². The fraction of sp³-hybridized carbons (Fsp3) is 0.294. The molecule has 1 aliphatic heterocycles. The lowest BCUT2D eigenvalue weighted by molar-refractivity contribution is -0.384. The summed E-state index contributed by atoms with van der Waals surface area (Å²) in [7, 11) is -3.94. The highest BCUT2D eigenvalue weighted by atomic mass is 32.2. The van der Waals surface area contributed by atoms with Crippen molar-refractivity contribution < 1.29 is 26.5 Å². The SMILES string of the molecule is N[C@H]1CN(S(=O)(=O)c2ccc([N+](=O)[O-])cc2)C[C@@H]1c1ccc(C(F)(F)F)cc1. The minimum atomic E-state index is -4.46. The number of nitro benzene ring substituents is 1.